The second-order valence-electron chi connectivity index (χ2n) is 9.86. The minimum absolute atomic E-state index is 0.0431. The zero-order valence-corrected chi connectivity index (χ0v) is 22.1. The quantitative estimate of drug-likeness (QED) is 0.350. The van der Waals surface area contributed by atoms with Crippen LogP contribution >= 0.6 is 11.3 Å². The third kappa shape index (κ3) is 4.52. The summed E-state index contributed by atoms with van der Waals surface area (Å²) in [7, 11) is -3.60. The van der Waals surface area contributed by atoms with Gasteiger partial charge in [-0.3, -0.25) is 9.88 Å². The Morgan fingerprint density at radius 1 is 0.889 bits per heavy atom. The molecule has 2 aromatic carbocycles. The number of nitrogens with zero attached hydrogens (tertiary/aromatic N) is 4. The Kier molecular flexibility index (Phi) is 6.69. The smallest absolute Gasteiger partial charge is 0.245 e. The summed E-state index contributed by atoms with van der Waals surface area (Å²) >= 11 is 1.82. The van der Waals surface area contributed by atoms with Gasteiger partial charge in [0.25, 0.3) is 0 Å². The molecular formula is C28H32N4O2S2. The van der Waals surface area contributed by atoms with E-state index in [1.54, 1.807) is 10.5 Å². The molecule has 2 aliphatic rings. The minimum atomic E-state index is -3.60. The fraction of sp³-hybridized carbons (Fsp3) is 0.393. The van der Waals surface area contributed by atoms with Gasteiger partial charge in [-0.05, 0) is 31.9 Å². The molecule has 0 amide bonds. The van der Waals surface area contributed by atoms with Gasteiger partial charge in [-0.15, -0.1) is 11.3 Å². The fourth-order valence-electron chi connectivity index (χ4n) is 5.75. The molecular weight excluding hydrogens is 488 g/mol. The normalized spacial score (nSPS) is 20.3. The number of thiophene rings is 1. The van der Waals surface area contributed by atoms with Crippen LogP contribution in [0.3, 0.4) is 0 Å². The maximum Gasteiger partial charge on any atom is 0.245 e. The van der Waals surface area contributed by atoms with Gasteiger partial charge in [-0.25, -0.2) is 8.42 Å². The average Bonchev–Trinajstić information content (AvgIpc) is 3.36. The van der Waals surface area contributed by atoms with Crippen LogP contribution in [0, 0.1) is 0 Å². The van der Waals surface area contributed by atoms with E-state index in [1.165, 1.54) is 22.0 Å². The Morgan fingerprint density at radius 3 is 2.53 bits per heavy atom. The number of benzene rings is 2. The van der Waals surface area contributed by atoms with Crippen molar-refractivity contribution in [3.05, 3.63) is 66.3 Å². The highest BCUT2D eigenvalue weighted by atomic mass is 32.2. The Balaban J connectivity index is 1.12. The molecule has 188 valence electrons. The van der Waals surface area contributed by atoms with Crippen LogP contribution in [0.15, 0.2) is 71.2 Å². The molecule has 2 fully saturated rings. The molecule has 2 aliphatic heterocycles. The zero-order chi connectivity index (χ0) is 24.5. The summed E-state index contributed by atoms with van der Waals surface area (Å²) in [5, 5.41) is 5.26. The van der Waals surface area contributed by atoms with Crippen LogP contribution < -0.4 is 4.90 Å². The molecule has 0 radical (unpaired) electrons. The number of piperidine rings is 1. The molecule has 0 spiro atoms. The van der Waals surface area contributed by atoms with E-state index in [2.05, 4.69) is 44.4 Å². The summed E-state index contributed by atoms with van der Waals surface area (Å²) in [6.45, 7) is 5.57. The Labute approximate surface area is 217 Å². The average molecular weight is 521 g/mol. The molecule has 6 rings (SSSR count). The van der Waals surface area contributed by atoms with E-state index in [0.29, 0.717) is 11.4 Å². The summed E-state index contributed by atoms with van der Waals surface area (Å²) in [6.07, 6.45) is 7.07. The van der Waals surface area contributed by atoms with Gasteiger partial charge >= 0.3 is 0 Å². The highest BCUT2D eigenvalue weighted by Crippen LogP contribution is 2.34. The van der Waals surface area contributed by atoms with Crippen molar-refractivity contribution >= 4 is 47.9 Å². The summed E-state index contributed by atoms with van der Waals surface area (Å²) in [5.74, 6) is 0. The number of anilines is 1. The van der Waals surface area contributed by atoms with Crippen molar-refractivity contribution in [1.29, 1.82) is 0 Å². The van der Waals surface area contributed by atoms with E-state index in [9.17, 15) is 8.42 Å². The first-order chi connectivity index (χ1) is 17.6. The molecule has 6 nitrogen and oxygen atoms in total. The van der Waals surface area contributed by atoms with Crippen LogP contribution in [0.5, 0.6) is 0 Å². The number of sulfonamides is 1. The number of hydrogen-bond acceptors (Lipinski definition) is 6. The number of fused-ring (bicyclic) bond motifs is 2. The molecule has 36 heavy (non-hydrogen) atoms. The van der Waals surface area contributed by atoms with E-state index in [1.807, 2.05) is 35.6 Å². The first-order valence-corrected chi connectivity index (χ1v) is 15.2. The van der Waals surface area contributed by atoms with Gasteiger partial charge < -0.3 is 4.90 Å². The third-order valence-electron chi connectivity index (χ3n) is 7.74. The summed E-state index contributed by atoms with van der Waals surface area (Å²) < 4.78 is 30.7. The predicted molar refractivity (Wildman–Crippen MR) is 148 cm³/mol. The maximum absolute atomic E-state index is 13.8. The van der Waals surface area contributed by atoms with E-state index in [0.717, 1.165) is 69.2 Å². The monoisotopic (exact) mass is 520 g/mol. The van der Waals surface area contributed by atoms with Crippen molar-refractivity contribution in [3.63, 3.8) is 0 Å². The Morgan fingerprint density at radius 2 is 1.67 bits per heavy atom. The summed E-state index contributed by atoms with van der Waals surface area (Å²) in [6, 6.07) is 16.3. The van der Waals surface area contributed by atoms with Gasteiger partial charge in [0.05, 0.1) is 5.69 Å². The summed E-state index contributed by atoms with van der Waals surface area (Å²) in [4.78, 5) is 9.59. The van der Waals surface area contributed by atoms with Crippen LogP contribution in [0.4, 0.5) is 5.69 Å². The molecule has 1 unspecified atom stereocenters. The van der Waals surface area contributed by atoms with E-state index in [-0.39, 0.29) is 6.04 Å². The standard InChI is InChI=1S/C28H32N4O2S2/c33-36(34,28-20-29-19-22-7-1-2-9-24(22)28)32-13-6-5-8-23(32)12-14-30-15-17-31(18-16-30)26-21-35-27-11-4-3-10-25(26)27/h1-4,7,9-11,19-21,23H,5-6,8,12-18H2. The van der Waals surface area contributed by atoms with Crippen LogP contribution in [-0.2, 0) is 10.0 Å². The number of piperazine rings is 1. The molecule has 0 N–H and O–H groups in total. The first kappa shape index (κ1) is 23.9. The molecule has 8 heteroatoms. The van der Waals surface area contributed by atoms with Gasteiger partial charge in [0.2, 0.25) is 10.0 Å². The number of aromatic nitrogens is 1. The Hall–Kier alpha value is -2.52. The van der Waals surface area contributed by atoms with Crippen molar-refractivity contribution in [1.82, 2.24) is 14.2 Å². The largest absolute Gasteiger partial charge is 0.368 e. The van der Waals surface area contributed by atoms with Gasteiger partial charge in [0, 0.05) is 77.4 Å². The summed E-state index contributed by atoms with van der Waals surface area (Å²) in [5.41, 5.74) is 1.35. The topological polar surface area (TPSA) is 56.8 Å². The molecule has 4 heterocycles. The zero-order valence-electron chi connectivity index (χ0n) is 20.4. The highest BCUT2D eigenvalue weighted by Gasteiger charge is 2.35. The minimum Gasteiger partial charge on any atom is -0.368 e. The number of rotatable bonds is 6. The first-order valence-electron chi connectivity index (χ1n) is 12.9. The van der Waals surface area contributed by atoms with Crippen molar-refractivity contribution in [2.24, 2.45) is 0 Å². The molecule has 0 bridgehead atoms. The van der Waals surface area contributed by atoms with E-state index >= 15 is 0 Å². The molecule has 1 atom stereocenters. The second kappa shape index (κ2) is 10.1. The van der Waals surface area contributed by atoms with Gasteiger partial charge in [0.15, 0.2) is 0 Å². The van der Waals surface area contributed by atoms with Crippen LogP contribution in [0.2, 0.25) is 0 Å². The van der Waals surface area contributed by atoms with Crippen LogP contribution in [0.1, 0.15) is 25.7 Å². The van der Waals surface area contributed by atoms with E-state index < -0.39 is 10.0 Å². The lowest BCUT2D eigenvalue weighted by molar-refractivity contribution is 0.193. The lowest BCUT2D eigenvalue weighted by Gasteiger charge is -2.39. The lowest BCUT2D eigenvalue weighted by atomic mass is 10.0. The fourth-order valence-corrected chi connectivity index (χ4v) is 8.61. The third-order valence-corrected chi connectivity index (χ3v) is 10.7. The predicted octanol–water partition coefficient (Wildman–Crippen LogP) is 5.21. The number of pyridine rings is 1. The molecule has 0 saturated carbocycles. The van der Waals surface area contributed by atoms with Crippen LogP contribution in [-0.4, -0.2) is 67.9 Å². The lowest BCUT2D eigenvalue weighted by Crippen LogP contribution is -2.49. The Bertz CT molecular complexity index is 1460. The molecule has 2 saturated heterocycles. The molecule has 0 aliphatic carbocycles. The second-order valence-corrected chi connectivity index (χ2v) is 12.6. The molecule has 4 aromatic rings. The van der Waals surface area contributed by atoms with Gasteiger partial charge in [0.1, 0.15) is 4.90 Å². The highest BCUT2D eigenvalue weighted by molar-refractivity contribution is 7.89. The van der Waals surface area contributed by atoms with Crippen molar-refractivity contribution in [3.8, 4) is 0 Å². The number of hydrogen-bond donors (Lipinski definition) is 0. The van der Waals surface area contributed by atoms with Crippen molar-refractivity contribution in [2.75, 3.05) is 44.2 Å². The van der Waals surface area contributed by atoms with E-state index in [4.69, 9.17) is 0 Å². The SMILES string of the molecule is O=S(=O)(c1cncc2ccccc12)N1CCCCC1CCN1CCN(c2csc3ccccc23)CC1. The van der Waals surface area contributed by atoms with Crippen molar-refractivity contribution in [2.45, 2.75) is 36.6 Å². The van der Waals surface area contributed by atoms with Gasteiger partial charge in [-0.1, -0.05) is 48.9 Å². The maximum atomic E-state index is 13.8. The van der Waals surface area contributed by atoms with Crippen LogP contribution in [0.25, 0.3) is 20.9 Å². The van der Waals surface area contributed by atoms with Crippen molar-refractivity contribution < 1.29 is 8.42 Å². The molecule has 2 aromatic heterocycles. The van der Waals surface area contributed by atoms with Gasteiger partial charge in [-0.2, -0.15) is 4.31 Å².